The molecule has 3 aliphatic carbocycles. The number of anilines is 2. The Morgan fingerprint density at radius 3 is 1.32 bits per heavy atom. The van der Waals surface area contributed by atoms with Crippen LogP contribution in [0.4, 0.5) is 22.7 Å². The number of fused-ring (bicyclic) bond motifs is 2. The highest BCUT2D eigenvalue weighted by Gasteiger charge is 2.36. The molecule has 0 unspecified atom stereocenters. The minimum Gasteiger partial charge on any atom is -0.455 e. The maximum atomic E-state index is 14.1. The van der Waals surface area contributed by atoms with Gasteiger partial charge in [0.25, 0.3) is 43.2 Å². The third-order valence-corrected chi connectivity index (χ3v) is 35.3. The zero-order valence-corrected chi connectivity index (χ0v) is 83.5. The summed E-state index contributed by atoms with van der Waals surface area (Å²) in [6, 6.07) is 41.6. The number of carbonyl (C=O) groups excluding carboxylic acids is 2. The fraction of sp³-hybridized carbons (Fsp3) is 0.446. The van der Waals surface area contributed by atoms with Crippen LogP contribution in [0.5, 0.6) is 23.0 Å². The van der Waals surface area contributed by atoms with Gasteiger partial charge in [0.2, 0.25) is 0 Å². The smallest absolute Gasteiger partial charge is 0.273 e. The molecule has 0 spiro atoms. The summed E-state index contributed by atoms with van der Waals surface area (Å²) in [5.74, 6) is 1.36. The molecule has 7 aliphatic rings. The van der Waals surface area contributed by atoms with Gasteiger partial charge in [0.1, 0.15) is 34.3 Å². The number of pyridine rings is 2. The first kappa shape index (κ1) is 99.4. The van der Waals surface area contributed by atoms with Gasteiger partial charge in [-0.2, -0.15) is 0 Å². The summed E-state index contributed by atoms with van der Waals surface area (Å²) in [4.78, 5) is 79.8. The number of benzene rings is 6. The largest absolute Gasteiger partial charge is 0.455 e. The average Bonchev–Trinajstić information content (AvgIpc) is 1.76. The van der Waals surface area contributed by atoms with Gasteiger partial charge >= 0.3 is 0 Å². The number of H-pyrrole nitrogens is 2. The minimum absolute atomic E-state index is 0.0367. The van der Waals surface area contributed by atoms with Crippen LogP contribution in [-0.2, 0) is 52.3 Å². The third-order valence-electron chi connectivity index (χ3n) is 27.4. The molecular weight excluding hydrogens is 1860 g/mol. The molecule has 4 aliphatic heterocycles. The number of ether oxygens (including phenoxy) is 2. The van der Waals surface area contributed by atoms with E-state index in [4.69, 9.17) is 32.7 Å². The second-order valence-electron chi connectivity index (χ2n) is 39.1. The number of allylic oxidation sites excluding steroid dienone is 2. The van der Waals surface area contributed by atoms with Gasteiger partial charge in [-0.15, -0.1) is 0 Å². The highest BCUT2D eigenvalue weighted by molar-refractivity contribution is 7.94. The average molecular weight is 1980 g/mol. The lowest BCUT2D eigenvalue weighted by Gasteiger charge is -2.39. The van der Waals surface area contributed by atoms with E-state index in [2.05, 4.69) is 119 Å². The lowest BCUT2D eigenvalue weighted by molar-refractivity contribution is -0.386. The van der Waals surface area contributed by atoms with E-state index in [1.807, 2.05) is 57.2 Å². The number of nitro groups is 2. The van der Waals surface area contributed by atoms with Crippen LogP contribution < -0.4 is 28.7 Å². The van der Waals surface area contributed by atoms with Gasteiger partial charge in [-0.25, -0.2) is 53.4 Å². The summed E-state index contributed by atoms with van der Waals surface area (Å²) < 4.78 is 107. The number of carbonyl (C=O) groups is 2. The van der Waals surface area contributed by atoms with Crippen LogP contribution in [0.3, 0.4) is 0 Å². The normalized spacial score (nSPS) is 18.8. The van der Waals surface area contributed by atoms with Crippen LogP contribution in [0, 0.1) is 42.9 Å². The molecular formula is C101H122Cl2N16O14S4. The lowest BCUT2D eigenvalue weighted by Crippen LogP contribution is -2.47. The van der Waals surface area contributed by atoms with Crippen LogP contribution in [0.25, 0.3) is 33.2 Å². The number of amides is 2. The van der Waals surface area contributed by atoms with E-state index >= 15 is 0 Å². The van der Waals surface area contributed by atoms with Crippen LogP contribution in [-0.4, -0.2) is 227 Å². The quantitative estimate of drug-likeness (QED) is 0.0225. The highest BCUT2D eigenvalue weighted by atomic mass is 35.5. The number of piperazine rings is 2. The number of nitro benzene ring substituents is 2. The number of hydrogen-bond acceptors (Lipinski definition) is 24. The fourth-order valence-corrected chi connectivity index (χ4v) is 25.7. The van der Waals surface area contributed by atoms with E-state index in [1.54, 1.807) is 60.9 Å². The van der Waals surface area contributed by atoms with Gasteiger partial charge in [-0.05, 0) is 227 Å². The molecule has 4 saturated heterocycles. The van der Waals surface area contributed by atoms with Gasteiger partial charge in [0, 0.05) is 221 Å². The summed E-state index contributed by atoms with van der Waals surface area (Å²) in [6.45, 7) is 28.0. The Kier molecular flexibility index (Phi) is 30.9. The topological polar surface area (TPSA) is 367 Å². The van der Waals surface area contributed by atoms with E-state index in [1.165, 1.54) is 70.1 Å². The van der Waals surface area contributed by atoms with E-state index in [-0.39, 0.29) is 62.7 Å². The number of hydrogen-bond donors (Lipinski definition) is 4. The van der Waals surface area contributed by atoms with E-state index in [0.717, 1.165) is 187 Å². The van der Waals surface area contributed by atoms with Gasteiger partial charge in [0.15, 0.2) is 0 Å². The number of nitrogens with one attached hydrogen (secondary N) is 4. The Hall–Kier alpha value is -10.7. The molecule has 0 radical (unpaired) electrons. The predicted molar refractivity (Wildman–Crippen MR) is 542 cm³/mol. The Bertz CT molecular complexity index is 6720. The van der Waals surface area contributed by atoms with Crippen LogP contribution >= 0.6 is 23.2 Å². The van der Waals surface area contributed by atoms with Crippen molar-refractivity contribution in [2.24, 2.45) is 31.4 Å². The van der Waals surface area contributed by atoms with Crippen LogP contribution in [0.15, 0.2) is 200 Å². The molecule has 36 heteroatoms. The monoisotopic (exact) mass is 1980 g/mol. The Labute approximate surface area is 812 Å². The van der Waals surface area contributed by atoms with Crippen molar-refractivity contribution in [1.29, 1.82) is 0 Å². The SMILES string of the molecule is CCN=S1(=O)CCN(CC[C@H](C)Cc2ccc(S(=O)(=O)NC(=O)c3ccc(N4CCN(CC5=C(c6ccc(Cl)cc6)CC(C)(C)CC5)CC4)cc3Oc3cnc4[nH]ccc4c3)cc2[N+](=O)[O-])CC1.C[C@@H](CCN1CCS(=O)(=NC2CC2)CC1)Cc1ccc(S(=O)(=O)NC(=O)c2ccc(N3CCN(CC4=C(c5ccc(Cl)cc5)CC(C)(C)CC4)CC3)cc2Oc2cnc3[nH]ccc3c2)cc1[N+](=O)[O-]. The zero-order valence-electron chi connectivity index (χ0n) is 78.7. The summed E-state index contributed by atoms with van der Waals surface area (Å²) in [7, 11) is -13.4. The maximum absolute atomic E-state index is 14.1. The predicted octanol–water partition coefficient (Wildman–Crippen LogP) is 18.5. The molecule has 4 aromatic heterocycles. The van der Waals surface area contributed by atoms with Crippen molar-refractivity contribution in [3.63, 3.8) is 0 Å². The van der Waals surface area contributed by atoms with Crippen molar-refractivity contribution in [3.05, 3.63) is 245 Å². The summed E-state index contributed by atoms with van der Waals surface area (Å²) in [5, 5.41) is 27.7. The third kappa shape index (κ3) is 25.5. The molecule has 1 saturated carbocycles. The molecule has 17 rings (SSSR count). The fourth-order valence-electron chi connectivity index (χ4n) is 19.2. The Morgan fingerprint density at radius 1 is 0.533 bits per heavy atom. The Morgan fingerprint density at radius 2 is 0.934 bits per heavy atom. The van der Waals surface area contributed by atoms with Crippen LogP contribution in [0.1, 0.15) is 156 Å². The van der Waals surface area contributed by atoms with Gasteiger partial charge in [-0.1, -0.05) is 112 Å². The zero-order chi connectivity index (χ0) is 96.7. The minimum atomic E-state index is -4.58. The van der Waals surface area contributed by atoms with Crippen molar-refractivity contribution in [2.45, 2.75) is 141 Å². The molecule has 4 N–H and O–H groups in total. The standard InChI is InChI=1S/C51H61ClN8O7S2.C50H61ClN8O7S2/c1-35(16-19-57-24-26-68(64,27-25-57)55-41-9-10-41)28-37-6-12-44(31-47(37)60(62)63)69(65,66)56-50(61)45-13-11-42(30-48(45)67-43-29-38-15-18-53-49(38)54-33-43)59-22-20-58(21-23-59)34-39-14-17-51(2,3)32-46(39)36-4-7-40(52)8-5-36;1-5-54-67(63)26-24-56(25-27-67)19-16-35(2)28-37-8-12-43(31-46(37)59(61)62)68(64,65)55-49(60)44-13-11-41(30-47(44)66-42-29-38-15-18-52-48(38)53-33-42)58-22-20-57(21-23-58)34-39-14-17-50(3,4)32-45(39)36-6-9-40(51)10-7-36/h4-8,11-13,15,18,29-31,33,35,41H,9-10,14,16-17,19-28,32,34H2,1-3H3,(H,53,54)(H,56,61);6-13,15,18,29-31,33,35H,5,14,16-17,19-28,32,34H2,1-4H3,(H,52,53)(H,55,60)/t2*35-/m00/s1. The Balaban J connectivity index is 0.000000198. The first-order valence-corrected chi connectivity index (χ1v) is 54.8. The molecule has 6 aromatic carbocycles. The molecule has 5 fully saturated rings. The molecule has 137 heavy (non-hydrogen) atoms. The summed E-state index contributed by atoms with van der Waals surface area (Å²) in [5.41, 5.74) is 11.6. The van der Waals surface area contributed by atoms with E-state index in [0.29, 0.717) is 102 Å². The number of sulfonamides is 2. The molecule has 10 aromatic rings. The van der Waals surface area contributed by atoms with Crippen LogP contribution in [0.2, 0.25) is 10.0 Å². The van der Waals surface area contributed by atoms with Crippen molar-refractivity contribution >= 4 is 130 Å². The second-order valence-corrected chi connectivity index (χ2v) is 48.5. The summed E-state index contributed by atoms with van der Waals surface area (Å²) >= 11 is 12.5. The molecule has 2 atom stereocenters. The lowest BCUT2D eigenvalue weighted by atomic mass is 9.72. The maximum Gasteiger partial charge on any atom is 0.273 e. The molecule has 0 bridgehead atoms. The number of aromatic nitrogens is 4. The van der Waals surface area contributed by atoms with Gasteiger partial charge in [0.05, 0.1) is 49.2 Å². The molecule has 728 valence electrons. The second kappa shape index (κ2) is 42.6. The molecule has 30 nitrogen and oxygen atoms in total. The summed E-state index contributed by atoms with van der Waals surface area (Å²) in [6.07, 6.45) is 17.2. The first-order valence-electron chi connectivity index (χ1n) is 47.4. The number of nitrogens with zero attached hydrogens (tertiary/aromatic N) is 12. The number of halogens is 2. The van der Waals surface area contributed by atoms with Crippen molar-refractivity contribution in [3.8, 4) is 23.0 Å². The molecule has 2 amide bonds. The molecule has 8 heterocycles. The van der Waals surface area contributed by atoms with E-state index in [9.17, 15) is 55.1 Å². The number of aromatic amines is 2. The van der Waals surface area contributed by atoms with Crippen molar-refractivity contribution in [2.75, 3.05) is 144 Å². The number of rotatable bonds is 32. The first-order chi connectivity index (χ1) is 65.4. The van der Waals surface area contributed by atoms with E-state index < -0.39 is 71.0 Å². The van der Waals surface area contributed by atoms with Gasteiger partial charge < -0.3 is 39.0 Å². The van der Waals surface area contributed by atoms with Gasteiger partial charge in [-0.3, -0.25) is 39.6 Å². The highest BCUT2D eigenvalue weighted by Crippen LogP contribution is 2.47. The van der Waals surface area contributed by atoms with Crippen molar-refractivity contribution < 1.29 is 54.2 Å². The van der Waals surface area contributed by atoms with Crippen molar-refractivity contribution in [1.82, 2.24) is 49.0 Å².